The number of rotatable bonds is 3. The average molecular weight is 214 g/mol. The second-order valence-electron chi connectivity index (χ2n) is 3.23. The highest BCUT2D eigenvalue weighted by Gasteiger charge is 2.13. The molecule has 0 spiro atoms. The van der Waals surface area contributed by atoms with Crippen molar-refractivity contribution in [1.29, 1.82) is 0 Å². The van der Waals surface area contributed by atoms with Crippen molar-refractivity contribution in [3.05, 3.63) is 34.3 Å². The second-order valence-corrected chi connectivity index (χ2v) is 3.64. The number of aliphatic carboxylic acids is 1. The van der Waals surface area contributed by atoms with Gasteiger partial charge in [-0.25, -0.2) is 0 Å². The van der Waals surface area contributed by atoms with Gasteiger partial charge in [0, 0.05) is 11.1 Å². The quantitative estimate of drug-likeness (QED) is 0.809. The van der Waals surface area contributed by atoms with Gasteiger partial charge in [0.05, 0.1) is 6.42 Å². The molecule has 0 aliphatic heterocycles. The van der Waals surface area contributed by atoms with Gasteiger partial charge in [-0.3, -0.25) is 4.79 Å². The molecule has 1 aromatic carbocycles. The normalized spacial score (nSPS) is 12.5. The predicted molar refractivity (Wildman–Crippen MR) is 55.4 cm³/mol. The smallest absolute Gasteiger partial charge is 0.305 e. The molecule has 76 valence electrons. The number of aryl methyl sites for hydroxylation is 1. The van der Waals surface area contributed by atoms with E-state index in [1.165, 1.54) is 0 Å². The molecule has 0 aliphatic carbocycles. The summed E-state index contributed by atoms with van der Waals surface area (Å²) >= 11 is 5.93. The van der Waals surface area contributed by atoms with Crippen LogP contribution >= 0.6 is 11.6 Å². The van der Waals surface area contributed by atoms with E-state index in [1.807, 2.05) is 13.0 Å². The molecule has 0 saturated carbocycles. The van der Waals surface area contributed by atoms with Crippen LogP contribution in [0.5, 0.6) is 0 Å². The maximum absolute atomic E-state index is 10.4. The number of carboxylic acid groups (broad SMARTS) is 1. The third-order valence-corrected chi connectivity index (χ3v) is 2.28. The maximum Gasteiger partial charge on any atom is 0.305 e. The van der Waals surface area contributed by atoms with Gasteiger partial charge in [0.1, 0.15) is 0 Å². The van der Waals surface area contributed by atoms with E-state index in [1.54, 1.807) is 12.1 Å². The summed E-state index contributed by atoms with van der Waals surface area (Å²) in [5.41, 5.74) is 7.39. The zero-order chi connectivity index (χ0) is 10.7. The molecule has 14 heavy (non-hydrogen) atoms. The molecule has 0 amide bonds. The van der Waals surface area contributed by atoms with E-state index in [4.69, 9.17) is 22.4 Å². The van der Waals surface area contributed by atoms with Crippen molar-refractivity contribution >= 4 is 17.6 Å². The van der Waals surface area contributed by atoms with Crippen LogP contribution in [-0.4, -0.2) is 11.1 Å². The van der Waals surface area contributed by atoms with Crippen LogP contribution in [-0.2, 0) is 4.79 Å². The lowest BCUT2D eigenvalue weighted by molar-refractivity contribution is -0.137. The minimum atomic E-state index is -0.922. The number of benzene rings is 1. The number of halogens is 1. The number of hydrogen-bond acceptors (Lipinski definition) is 2. The Balaban J connectivity index is 2.90. The van der Waals surface area contributed by atoms with Crippen LogP contribution in [0.25, 0.3) is 0 Å². The molecule has 1 rings (SSSR count). The predicted octanol–water partition coefficient (Wildman–Crippen LogP) is 2.12. The van der Waals surface area contributed by atoms with Gasteiger partial charge in [-0.15, -0.1) is 0 Å². The first kappa shape index (κ1) is 11.0. The van der Waals surface area contributed by atoms with Crippen molar-refractivity contribution in [2.24, 2.45) is 5.73 Å². The Morgan fingerprint density at radius 1 is 1.64 bits per heavy atom. The molecule has 0 bridgehead atoms. The lowest BCUT2D eigenvalue weighted by atomic mass is 10.0. The van der Waals surface area contributed by atoms with Crippen molar-refractivity contribution in [2.45, 2.75) is 19.4 Å². The van der Waals surface area contributed by atoms with E-state index in [0.29, 0.717) is 10.6 Å². The van der Waals surface area contributed by atoms with Crippen molar-refractivity contribution in [2.75, 3.05) is 0 Å². The first-order chi connectivity index (χ1) is 6.50. The van der Waals surface area contributed by atoms with Crippen LogP contribution in [0.15, 0.2) is 18.2 Å². The van der Waals surface area contributed by atoms with Crippen LogP contribution in [0.4, 0.5) is 0 Å². The largest absolute Gasteiger partial charge is 0.481 e. The van der Waals surface area contributed by atoms with Gasteiger partial charge in [-0.1, -0.05) is 23.7 Å². The lowest BCUT2D eigenvalue weighted by Gasteiger charge is -2.11. The van der Waals surface area contributed by atoms with Crippen molar-refractivity contribution in [3.8, 4) is 0 Å². The molecular formula is C10H12ClNO2. The zero-order valence-electron chi connectivity index (χ0n) is 7.83. The van der Waals surface area contributed by atoms with Crippen molar-refractivity contribution in [3.63, 3.8) is 0 Å². The van der Waals surface area contributed by atoms with Crippen LogP contribution in [0.2, 0.25) is 5.02 Å². The van der Waals surface area contributed by atoms with Gasteiger partial charge >= 0.3 is 5.97 Å². The van der Waals surface area contributed by atoms with Crippen molar-refractivity contribution < 1.29 is 9.90 Å². The fourth-order valence-corrected chi connectivity index (χ4v) is 1.61. The first-order valence-electron chi connectivity index (χ1n) is 4.24. The maximum atomic E-state index is 10.4. The van der Waals surface area contributed by atoms with E-state index in [-0.39, 0.29) is 6.42 Å². The fraction of sp³-hybridized carbons (Fsp3) is 0.300. The molecule has 1 aromatic rings. The summed E-state index contributed by atoms with van der Waals surface area (Å²) < 4.78 is 0. The topological polar surface area (TPSA) is 63.3 Å². The van der Waals surface area contributed by atoms with Crippen LogP contribution in [0.1, 0.15) is 23.6 Å². The van der Waals surface area contributed by atoms with E-state index in [0.717, 1.165) is 5.56 Å². The van der Waals surface area contributed by atoms with Gasteiger partial charge in [0.25, 0.3) is 0 Å². The number of carboxylic acids is 1. The fourth-order valence-electron chi connectivity index (χ4n) is 1.23. The third kappa shape index (κ3) is 2.72. The molecule has 0 aromatic heterocycles. The molecular weight excluding hydrogens is 202 g/mol. The molecule has 4 heteroatoms. The average Bonchev–Trinajstić information content (AvgIpc) is 2.01. The van der Waals surface area contributed by atoms with Gasteiger partial charge < -0.3 is 10.8 Å². The molecule has 0 saturated heterocycles. The summed E-state index contributed by atoms with van der Waals surface area (Å²) in [6.45, 7) is 1.92. The standard InChI is InChI=1S/C10H12ClNO2/c1-6-2-3-7(8(11)4-6)9(12)5-10(13)14/h2-4,9H,5,12H2,1H3,(H,13,14). The minimum Gasteiger partial charge on any atom is -0.481 e. The molecule has 0 aliphatic rings. The van der Waals surface area contributed by atoms with E-state index in [2.05, 4.69) is 0 Å². The van der Waals surface area contributed by atoms with E-state index in [9.17, 15) is 4.79 Å². The number of hydrogen-bond donors (Lipinski definition) is 2. The molecule has 0 heterocycles. The van der Waals surface area contributed by atoms with Crippen LogP contribution < -0.4 is 5.73 Å². The van der Waals surface area contributed by atoms with Gasteiger partial charge in [0.15, 0.2) is 0 Å². The molecule has 0 radical (unpaired) electrons. The third-order valence-electron chi connectivity index (χ3n) is 1.95. The van der Waals surface area contributed by atoms with Gasteiger partial charge in [-0.05, 0) is 24.1 Å². The Morgan fingerprint density at radius 2 is 2.29 bits per heavy atom. The molecule has 0 fully saturated rings. The molecule has 1 atom stereocenters. The highest BCUT2D eigenvalue weighted by molar-refractivity contribution is 6.31. The highest BCUT2D eigenvalue weighted by Crippen LogP contribution is 2.24. The monoisotopic (exact) mass is 213 g/mol. The summed E-state index contributed by atoms with van der Waals surface area (Å²) in [5.74, 6) is -0.922. The Kier molecular flexibility index (Phi) is 3.49. The Bertz CT molecular complexity index is 352. The molecule has 3 nitrogen and oxygen atoms in total. The molecule has 3 N–H and O–H groups in total. The Labute approximate surface area is 87.5 Å². The van der Waals surface area contributed by atoms with Crippen molar-refractivity contribution in [1.82, 2.24) is 0 Å². The van der Waals surface area contributed by atoms with E-state index >= 15 is 0 Å². The first-order valence-corrected chi connectivity index (χ1v) is 4.62. The minimum absolute atomic E-state index is 0.108. The number of nitrogens with two attached hydrogens (primary N) is 1. The summed E-state index contributed by atoms with van der Waals surface area (Å²) in [6.07, 6.45) is -0.108. The SMILES string of the molecule is Cc1ccc(C(N)CC(=O)O)c(Cl)c1. The van der Waals surface area contributed by atoms with E-state index < -0.39 is 12.0 Å². The number of carbonyl (C=O) groups is 1. The lowest BCUT2D eigenvalue weighted by Crippen LogP contribution is -2.15. The van der Waals surface area contributed by atoms with Crippen LogP contribution in [0.3, 0.4) is 0 Å². The van der Waals surface area contributed by atoms with Gasteiger partial charge in [0.2, 0.25) is 0 Å². The van der Waals surface area contributed by atoms with Gasteiger partial charge in [-0.2, -0.15) is 0 Å². The van der Waals surface area contributed by atoms with Crippen LogP contribution in [0, 0.1) is 6.92 Å². The summed E-state index contributed by atoms with van der Waals surface area (Å²) in [7, 11) is 0. The summed E-state index contributed by atoms with van der Waals surface area (Å²) in [5, 5.41) is 9.09. The highest BCUT2D eigenvalue weighted by atomic mass is 35.5. The summed E-state index contributed by atoms with van der Waals surface area (Å²) in [4.78, 5) is 10.4. The summed E-state index contributed by atoms with van der Waals surface area (Å²) in [6, 6.07) is 4.87. The second kappa shape index (κ2) is 4.44. The zero-order valence-corrected chi connectivity index (χ0v) is 8.58. The molecule has 1 unspecified atom stereocenters. The Morgan fingerprint density at radius 3 is 2.79 bits per heavy atom. The Hall–Kier alpha value is -1.06.